The summed E-state index contributed by atoms with van der Waals surface area (Å²) in [7, 11) is 0. The topological polar surface area (TPSA) is 63.6 Å². The zero-order chi connectivity index (χ0) is 14.2. The van der Waals surface area contributed by atoms with Crippen molar-refractivity contribution in [3.05, 3.63) is 40.0 Å². The second kappa shape index (κ2) is 4.88. The molecule has 1 aliphatic carbocycles. The summed E-state index contributed by atoms with van der Waals surface area (Å²) in [4.78, 5) is 23.2. The largest absolute Gasteiger partial charge is 0.478 e. The van der Waals surface area contributed by atoms with Crippen LogP contribution in [-0.2, 0) is 16.0 Å². The average Bonchev–Trinajstić information content (AvgIpc) is 2.69. The number of ether oxygens (including phenoxy) is 1. The molecule has 4 heteroatoms. The van der Waals surface area contributed by atoms with Crippen LogP contribution in [-0.4, -0.2) is 23.7 Å². The fourth-order valence-corrected chi connectivity index (χ4v) is 2.49. The first-order chi connectivity index (χ1) is 8.97. The molecular weight excluding hydrogens is 244 g/mol. The molecule has 0 fully saturated rings. The molecule has 1 N–H and O–H groups in total. The number of hydrogen-bond acceptors (Lipinski definition) is 3. The number of hydrogen-bond donors (Lipinski definition) is 1. The predicted octanol–water partition coefficient (Wildman–Crippen LogP) is 2.59. The summed E-state index contributed by atoms with van der Waals surface area (Å²) in [6, 6.07) is 3.37. The van der Waals surface area contributed by atoms with Gasteiger partial charge in [0, 0.05) is 12.0 Å². The van der Waals surface area contributed by atoms with Crippen LogP contribution in [0.2, 0.25) is 0 Å². The highest BCUT2D eigenvalue weighted by atomic mass is 16.5. The van der Waals surface area contributed by atoms with Crippen LogP contribution in [0.25, 0.3) is 5.57 Å². The van der Waals surface area contributed by atoms with Crippen LogP contribution in [0.15, 0.2) is 17.7 Å². The van der Waals surface area contributed by atoms with Crippen molar-refractivity contribution in [2.75, 3.05) is 6.61 Å². The molecule has 0 aliphatic heterocycles. The van der Waals surface area contributed by atoms with Crippen LogP contribution in [0.3, 0.4) is 0 Å². The highest BCUT2D eigenvalue weighted by Gasteiger charge is 2.29. The highest BCUT2D eigenvalue weighted by Crippen LogP contribution is 2.37. The van der Waals surface area contributed by atoms with Gasteiger partial charge in [0.25, 0.3) is 0 Å². The van der Waals surface area contributed by atoms with Gasteiger partial charge in [-0.05, 0) is 49.1 Å². The minimum Gasteiger partial charge on any atom is -0.478 e. The van der Waals surface area contributed by atoms with E-state index >= 15 is 0 Å². The van der Waals surface area contributed by atoms with Crippen LogP contribution in [0.1, 0.15) is 40.9 Å². The maximum atomic E-state index is 11.9. The van der Waals surface area contributed by atoms with Crippen molar-refractivity contribution in [1.82, 2.24) is 0 Å². The summed E-state index contributed by atoms with van der Waals surface area (Å²) in [5.41, 5.74) is 4.12. The minimum absolute atomic E-state index is 0.248. The van der Waals surface area contributed by atoms with E-state index in [0.717, 1.165) is 16.7 Å². The van der Waals surface area contributed by atoms with Crippen LogP contribution >= 0.6 is 0 Å². The molecule has 0 unspecified atom stereocenters. The lowest BCUT2D eigenvalue weighted by molar-refractivity contribution is -0.138. The normalized spacial score (nSPS) is 13.4. The van der Waals surface area contributed by atoms with Crippen molar-refractivity contribution in [3.8, 4) is 0 Å². The van der Waals surface area contributed by atoms with Crippen LogP contribution in [0.5, 0.6) is 0 Å². The SMILES string of the molecule is CCOC(=O)C1=C(C)c2c(C(=O)O)ccc(C)c2C1. The van der Waals surface area contributed by atoms with Gasteiger partial charge in [0.15, 0.2) is 0 Å². The second-order valence-corrected chi connectivity index (χ2v) is 4.59. The Hall–Kier alpha value is -2.10. The molecule has 0 radical (unpaired) electrons. The molecule has 1 aromatic rings. The van der Waals surface area contributed by atoms with Gasteiger partial charge >= 0.3 is 11.9 Å². The second-order valence-electron chi connectivity index (χ2n) is 4.59. The van der Waals surface area contributed by atoms with E-state index in [1.807, 2.05) is 6.92 Å². The van der Waals surface area contributed by atoms with Gasteiger partial charge in [-0.15, -0.1) is 0 Å². The van der Waals surface area contributed by atoms with Crippen LogP contribution in [0, 0.1) is 6.92 Å². The molecule has 0 heterocycles. The Labute approximate surface area is 111 Å². The fourth-order valence-electron chi connectivity index (χ4n) is 2.49. The number of aryl methyl sites for hydroxylation is 1. The molecule has 2 rings (SSSR count). The Morgan fingerprint density at radius 2 is 2.00 bits per heavy atom. The van der Waals surface area contributed by atoms with Gasteiger partial charge in [0.05, 0.1) is 12.2 Å². The number of rotatable bonds is 3. The van der Waals surface area contributed by atoms with Crippen LogP contribution in [0.4, 0.5) is 0 Å². The third-order valence-corrected chi connectivity index (χ3v) is 3.48. The quantitative estimate of drug-likeness (QED) is 0.848. The van der Waals surface area contributed by atoms with E-state index in [-0.39, 0.29) is 11.5 Å². The number of aromatic carboxylic acids is 1. The Balaban J connectivity index is 2.57. The Bertz CT molecular complexity index is 596. The average molecular weight is 260 g/mol. The van der Waals surface area contributed by atoms with E-state index < -0.39 is 5.97 Å². The standard InChI is InChI=1S/C15H16O4/c1-4-19-15(18)12-7-11-8(2)5-6-10(14(16)17)13(11)9(12)3/h5-6H,4,7H2,1-3H3,(H,16,17). The smallest absolute Gasteiger partial charge is 0.336 e. The Morgan fingerprint density at radius 3 is 2.58 bits per heavy atom. The lowest BCUT2D eigenvalue weighted by Crippen LogP contribution is -2.08. The molecule has 0 atom stereocenters. The lowest BCUT2D eigenvalue weighted by atomic mass is 9.96. The fraction of sp³-hybridized carbons (Fsp3) is 0.333. The number of esters is 1. The van der Waals surface area contributed by atoms with E-state index in [2.05, 4.69) is 0 Å². The Kier molecular flexibility index (Phi) is 3.42. The summed E-state index contributed by atoms with van der Waals surface area (Å²) in [6.45, 7) is 5.77. The van der Waals surface area contributed by atoms with Crippen molar-refractivity contribution < 1.29 is 19.4 Å². The monoisotopic (exact) mass is 260 g/mol. The summed E-state index contributed by atoms with van der Waals surface area (Å²) in [6.07, 6.45) is 0.451. The van der Waals surface area contributed by atoms with E-state index in [9.17, 15) is 14.7 Å². The number of fused-ring (bicyclic) bond motifs is 1. The number of carboxylic acid groups (broad SMARTS) is 1. The van der Waals surface area contributed by atoms with E-state index in [1.54, 1.807) is 26.0 Å². The first-order valence-corrected chi connectivity index (χ1v) is 6.20. The molecule has 0 spiro atoms. The molecule has 1 aliphatic rings. The van der Waals surface area contributed by atoms with Gasteiger partial charge in [-0.1, -0.05) is 6.07 Å². The number of carboxylic acids is 1. The molecule has 4 nitrogen and oxygen atoms in total. The Morgan fingerprint density at radius 1 is 1.32 bits per heavy atom. The maximum absolute atomic E-state index is 11.9. The zero-order valence-corrected chi connectivity index (χ0v) is 11.2. The molecule has 0 aromatic heterocycles. The van der Waals surface area contributed by atoms with Crippen molar-refractivity contribution in [2.24, 2.45) is 0 Å². The molecular formula is C15H16O4. The van der Waals surface area contributed by atoms with E-state index in [1.165, 1.54) is 0 Å². The van der Waals surface area contributed by atoms with Gasteiger partial charge in [-0.2, -0.15) is 0 Å². The minimum atomic E-state index is -0.972. The first kappa shape index (κ1) is 13.3. The first-order valence-electron chi connectivity index (χ1n) is 6.20. The number of benzene rings is 1. The third kappa shape index (κ3) is 2.14. The summed E-state index contributed by atoms with van der Waals surface area (Å²) in [5, 5.41) is 9.25. The van der Waals surface area contributed by atoms with E-state index in [0.29, 0.717) is 24.2 Å². The number of allylic oxidation sites excluding steroid dienone is 1. The molecule has 0 saturated heterocycles. The van der Waals surface area contributed by atoms with Gasteiger partial charge in [-0.3, -0.25) is 0 Å². The third-order valence-electron chi connectivity index (χ3n) is 3.48. The maximum Gasteiger partial charge on any atom is 0.336 e. The molecule has 0 bridgehead atoms. The van der Waals surface area contributed by atoms with Gasteiger partial charge in [-0.25, -0.2) is 9.59 Å². The predicted molar refractivity (Wildman–Crippen MR) is 71.1 cm³/mol. The summed E-state index contributed by atoms with van der Waals surface area (Å²) in [5.74, 6) is -1.33. The molecule has 100 valence electrons. The van der Waals surface area contributed by atoms with E-state index in [4.69, 9.17) is 4.74 Å². The molecule has 0 saturated carbocycles. The summed E-state index contributed by atoms with van der Waals surface area (Å²) < 4.78 is 5.02. The number of carbonyl (C=O) groups excluding carboxylic acids is 1. The number of carbonyl (C=O) groups is 2. The van der Waals surface area contributed by atoms with Crippen molar-refractivity contribution in [2.45, 2.75) is 27.2 Å². The lowest BCUT2D eigenvalue weighted by Gasteiger charge is -2.08. The van der Waals surface area contributed by atoms with Crippen molar-refractivity contribution in [3.63, 3.8) is 0 Å². The van der Waals surface area contributed by atoms with Gasteiger partial charge < -0.3 is 9.84 Å². The molecule has 19 heavy (non-hydrogen) atoms. The van der Waals surface area contributed by atoms with Crippen molar-refractivity contribution in [1.29, 1.82) is 0 Å². The van der Waals surface area contributed by atoms with Crippen molar-refractivity contribution >= 4 is 17.5 Å². The van der Waals surface area contributed by atoms with Gasteiger partial charge in [0.1, 0.15) is 0 Å². The summed E-state index contributed by atoms with van der Waals surface area (Å²) >= 11 is 0. The van der Waals surface area contributed by atoms with Gasteiger partial charge in [0.2, 0.25) is 0 Å². The molecule has 0 amide bonds. The zero-order valence-electron chi connectivity index (χ0n) is 11.2. The molecule has 1 aromatic carbocycles. The van der Waals surface area contributed by atoms with Crippen LogP contribution < -0.4 is 0 Å². The highest BCUT2D eigenvalue weighted by molar-refractivity contribution is 6.05.